The van der Waals surface area contributed by atoms with E-state index in [4.69, 9.17) is 28.4 Å². The summed E-state index contributed by atoms with van der Waals surface area (Å²) in [5.74, 6) is -5.03. The average molecular weight is 959 g/mol. The van der Waals surface area contributed by atoms with Gasteiger partial charge in [-0.05, 0) is 52.4 Å². The Balaban J connectivity index is 1.27. The second kappa shape index (κ2) is 23.4. The number of benzene rings is 7. The lowest BCUT2D eigenvalue weighted by atomic mass is 9.78. The van der Waals surface area contributed by atoms with Gasteiger partial charge in [-0.15, -0.1) is 0 Å². The number of ether oxygens (including phenoxy) is 6. The van der Waals surface area contributed by atoms with Crippen LogP contribution < -0.4 is 0 Å². The molecule has 364 valence electrons. The van der Waals surface area contributed by atoms with Crippen molar-refractivity contribution in [3.8, 4) is 17.2 Å². The summed E-state index contributed by atoms with van der Waals surface area (Å²) in [7, 11) is 1.10. The highest BCUT2D eigenvalue weighted by atomic mass is 16.6. The lowest BCUT2D eigenvalue weighted by molar-refractivity contribution is -0.216. The summed E-state index contributed by atoms with van der Waals surface area (Å²) in [4.78, 5) is 41.6. The number of hydrogen-bond acceptors (Lipinski definition) is 13. The minimum Gasteiger partial charge on any atom is -0.507 e. The number of carbonyl (C=O) groups excluding carboxylic acids is 3. The number of fused-ring (bicyclic) bond motifs is 2. The molecule has 8 rings (SSSR count). The Morgan fingerprint density at radius 1 is 0.507 bits per heavy atom. The first-order valence-electron chi connectivity index (χ1n) is 23.1. The van der Waals surface area contributed by atoms with E-state index < -0.39 is 76.4 Å². The molecule has 4 N–H and O–H groups in total. The molecule has 0 fully saturated rings. The van der Waals surface area contributed by atoms with E-state index >= 15 is 0 Å². The number of rotatable bonds is 22. The van der Waals surface area contributed by atoms with Crippen molar-refractivity contribution in [1.29, 1.82) is 0 Å². The zero-order valence-corrected chi connectivity index (χ0v) is 39.2. The second-order valence-corrected chi connectivity index (χ2v) is 17.1. The lowest BCUT2D eigenvalue weighted by Crippen LogP contribution is -2.52. The highest BCUT2D eigenvalue weighted by Gasteiger charge is 2.45. The molecular weight excluding hydrogens is 905 g/mol. The molecule has 0 bridgehead atoms. The molecule has 1 aliphatic rings. The normalized spacial score (nSPS) is 14.2. The number of esters is 1. The van der Waals surface area contributed by atoms with Crippen molar-refractivity contribution in [1.82, 2.24) is 0 Å². The third kappa shape index (κ3) is 11.6. The van der Waals surface area contributed by atoms with Crippen LogP contribution in [0.3, 0.4) is 0 Å². The van der Waals surface area contributed by atoms with Crippen molar-refractivity contribution in [3.05, 3.63) is 231 Å². The summed E-state index contributed by atoms with van der Waals surface area (Å²) in [6, 6.07) is 49.1. The van der Waals surface area contributed by atoms with Crippen LogP contribution in [0.1, 0.15) is 87.2 Å². The summed E-state index contributed by atoms with van der Waals surface area (Å²) in [5, 5.41) is 47.8. The van der Waals surface area contributed by atoms with E-state index in [0.29, 0.717) is 5.56 Å². The van der Waals surface area contributed by atoms with Crippen LogP contribution in [-0.4, -0.2) is 76.1 Å². The monoisotopic (exact) mass is 958 g/mol. The maximum absolute atomic E-state index is 14.6. The maximum Gasteiger partial charge on any atom is 0.341 e. The van der Waals surface area contributed by atoms with Crippen LogP contribution in [-0.2, 0) is 61.5 Å². The summed E-state index contributed by atoms with van der Waals surface area (Å²) >= 11 is 0. The third-order valence-electron chi connectivity index (χ3n) is 12.4. The number of ketones is 2. The highest BCUT2D eigenvalue weighted by Crippen LogP contribution is 2.46. The average Bonchev–Trinajstić information content (AvgIpc) is 3.39. The van der Waals surface area contributed by atoms with Crippen molar-refractivity contribution in [2.24, 2.45) is 0 Å². The second-order valence-electron chi connectivity index (χ2n) is 17.1. The topological polar surface area (TPSA) is 188 Å². The molecule has 0 saturated heterocycles. The molecule has 7 aromatic carbocycles. The molecule has 0 radical (unpaired) electrons. The van der Waals surface area contributed by atoms with Gasteiger partial charge in [-0.3, -0.25) is 9.59 Å². The van der Waals surface area contributed by atoms with Crippen molar-refractivity contribution >= 4 is 17.5 Å². The van der Waals surface area contributed by atoms with Gasteiger partial charge in [0.2, 0.25) is 0 Å². The Kier molecular flexibility index (Phi) is 16.5. The van der Waals surface area contributed by atoms with Crippen LogP contribution >= 0.6 is 0 Å². The maximum atomic E-state index is 14.6. The summed E-state index contributed by atoms with van der Waals surface area (Å²) in [6.07, 6.45) is -6.75. The molecule has 0 spiro atoms. The minimum atomic E-state index is -1.92. The first-order valence-corrected chi connectivity index (χ1v) is 23.1. The Hall–Kier alpha value is -7.49. The molecule has 0 heterocycles. The predicted octanol–water partition coefficient (Wildman–Crippen LogP) is 9.27. The molecule has 1 aliphatic carbocycles. The van der Waals surface area contributed by atoms with Crippen molar-refractivity contribution in [2.75, 3.05) is 13.7 Å². The fraction of sp³-hybridized carbons (Fsp3) is 0.224. The van der Waals surface area contributed by atoms with Gasteiger partial charge in [0.1, 0.15) is 53.3 Å². The lowest BCUT2D eigenvalue weighted by Gasteiger charge is -2.39. The quantitative estimate of drug-likeness (QED) is 0.0372. The van der Waals surface area contributed by atoms with Crippen molar-refractivity contribution in [2.45, 2.75) is 70.5 Å². The largest absolute Gasteiger partial charge is 0.507 e. The van der Waals surface area contributed by atoms with Gasteiger partial charge >= 0.3 is 5.97 Å². The molecule has 0 aliphatic heterocycles. The molecule has 5 atom stereocenters. The molecular formula is C58H54O13. The van der Waals surface area contributed by atoms with E-state index in [1.54, 1.807) is 0 Å². The number of carbonyl (C=O) groups is 3. The zero-order valence-electron chi connectivity index (χ0n) is 39.2. The highest BCUT2D eigenvalue weighted by molar-refractivity contribution is 6.31. The third-order valence-corrected chi connectivity index (χ3v) is 12.4. The molecule has 13 heteroatoms. The SMILES string of the molecule is COC(=O)c1c(O)cc2c(c1C)C(=O)c1c(O)c(C(O)[C@H](OCc3ccccc3)[C@@H](OCc3ccccc3)[C@H](OCc3ccccc3)[C@@H](COCc3ccccc3)OCc3ccccc3)cc(O)c1C2=O. The first-order chi connectivity index (χ1) is 34.5. The number of aliphatic hydroxyl groups excluding tert-OH is 1. The van der Waals surface area contributed by atoms with E-state index in [2.05, 4.69) is 0 Å². The molecule has 0 amide bonds. The number of phenols is 3. The Bertz CT molecular complexity index is 2910. The van der Waals surface area contributed by atoms with E-state index in [0.717, 1.165) is 41.5 Å². The van der Waals surface area contributed by atoms with Gasteiger partial charge in [0, 0.05) is 16.7 Å². The fourth-order valence-electron chi connectivity index (χ4n) is 8.76. The molecule has 71 heavy (non-hydrogen) atoms. The van der Waals surface area contributed by atoms with Crippen molar-refractivity contribution < 1.29 is 63.2 Å². The van der Waals surface area contributed by atoms with Crippen LogP contribution in [0.4, 0.5) is 0 Å². The molecule has 7 aromatic rings. The Morgan fingerprint density at radius 2 is 0.944 bits per heavy atom. The standard InChI is InChI=1S/C58H54O13/c1-36-47-42(28-44(59)48(36)58(65)66-2)51(61)49-45(60)29-43(52(62)50(49)54(47)64)53(63)56(70-33-40-24-14-6-15-25-40)57(71-34-41-26-16-7-17-27-41)55(69-32-39-22-12-5-13-23-39)46(68-31-38-20-10-4-11-21-38)35-67-30-37-18-8-3-9-19-37/h3-29,46,53,55-57,59-60,62-63H,30-35H2,1-2H3/t46-,53?,55-,56+,57+/m1/s1. The minimum absolute atomic E-state index is 0.0231. The Morgan fingerprint density at radius 3 is 1.42 bits per heavy atom. The zero-order chi connectivity index (χ0) is 49.9. The number of aliphatic hydroxyl groups is 1. The van der Waals surface area contributed by atoms with Gasteiger partial charge in [0.25, 0.3) is 0 Å². The Labute approximate surface area is 411 Å². The van der Waals surface area contributed by atoms with Gasteiger partial charge in [0.15, 0.2) is 11.6 Å². The van der Waals surface area contributed by atoms with Gasteiger partial charge < -0.3 is 48.8 Å². The smallest absolute Gasteiger partial charge is 0.341 e. The van der Waals surface area contributed by atoms with Crippen molar-refractivity contribution in [3.63, 3.8) is 0 Å². The van der Waals surface area contributed by atoms with Crippen LogP contribution in [0.25, 0.3) is 0 Å². The van der Waals surface area contributed by atoms with E-state index in [-0.39, 0.29) is 67.5 Å². The predicted molar refractivity (Wildman–Crippen MR) is 262 cm³/mol. The van der Waals surface area contributed by atoms with Crippen LogP contribution in [0.15, 0.2) is 164 Å². The van der Waals surface area contributed by atoms with Gasteiger partial charge in [0.05, 0.1) is 57.9 Å². The van der Waals surface area contributed by atoms with Gasteiger partial charge in [-0.25, -0.2) is 4.79 Å². The molecule has 1 unspecified atom stereocenters. The molecule has 0 aromatic heterocycles. The van der Waals surface area contributed by atoms with Crippen LogP contribution in [0.5, 0.6) is 17.2 Å². The van der Waals surface area contributed by atoms with Crippen LogP contribution in [0.2, 0.25) is 0 Å². The fourth-order valence-corrected chi connectivity index (χ4v) is 8.76. The van der Waals surface area contributed by atoms with Crippen LogP contribution in [0, 0.1) is 6.92 Å². The van der Waals surface area contributed by atoms with E-state index in [1.807, 2.05) is 152 Å². The molecule has 13 nitrogen and oxygen atoms in total. The first kappa shape index (κ1) is 49.9. The number of hydrogen-bond donors (Lipinski definition) is 4. The molecule has 0 saturated carbocycles. The number of phenolic OH excluding ortho intramolecular Hbond substituents is 3. The summed E-state index contributed by atoms with van der Waals surface area (Å²) < 4.78 is 38.7. The number of methoxy groups -OCH3 is 1. The number of aromatic hydroxyl groups is 3. The summed E-state index contributed by atoms with van der Waals surface area (Å²) in [5.41, 5.74) is 1.45. The van der Waals surface area contributed by atoms with E-state index in [1.165, 1.54) is 6.92 Å². The summed E-state index contributed by atoms with van der Waals surface area (Å²) in [6.45, 7) is 1.60. The van der Waals surface area contributed by atoms with Gasteiger partial charge in [-0.2, -0.15) is 0 Å². The van der Waals surface area contributed by atoms with E-state index in [9.17, 15) is 34.8 Å². The van der Waals surface area contributed by atoms with Gasteiger partial charge in [-0.1, -0.05) is 152 Å².